The minimum absolute atomic E-state index is 0.128. The minimum Gasteiger partial charge on any atom is -0.399 e. The van der Waals surface area contributed by atoms with Crippen LogP contribution in [0.2, 0.25) is 0 Å². The lowest BCUT2D eigenvalue weighted by Crippen LogP contribution is -2.30. The first kappa shape index (κ1) is 16.2. The summed E-state index contributed by atoms with van der Waals surface area (Å²) in [6.07, 6.45) is 5.83. The van der Waals surface area contributed by atoms with E-state index >= 15 is 0 Å². The van der Waals surface area contributed by atoms with Crippen molar-refractivity contribution < 1.29 is 17.5 Å². The van der Waals surface area contributed by atoms with Gasteiger partial charge in [-0.3, -0.25) is 0 Å². The molecule has 0 aliphatic heterocycles. The number of anilines is 1. The molecule has 0 heterocycles. The molecule has 5 nitrogen and oxygen atoms in total. The normalized spacial score (nSPS) is 17.0. The van der Waals surface area contributed by atoms with Gasteiger partial charge in [0.2, 0.25) is 10.0 Å². The molecule has 3 N–H and O–H groups in total. The first-order valence-corrected chi connectivity index (χ1v) is 8.63. The predicted octanol–water partition coefficient (Wildman–Crippen LogP) is 2.04. The van der Waals surface area contributed by atoms with Crippen LogP contribution in [-0.2, 0) is 14.8 Å². The summed E-state index contributed by atoms with van der Waals surface area (Å²) in [6.45, 7) is 0.420. The zero-order valence-electron chi connectivity index (χ0n) is 11.8. The van der Waals surface area contributed by atoms with Gasteiger partial charge in [0.1, 0.15) is 10.7 Å². The molecule has 0 aromatic heterocycles. The largest absolute Gasteiger partial charge is 0.399 e. The predicted molar refractivity (Wildman–Crippen MR) is 78.8 cm³/mol. The van der Waals surface area contributed by atoms with Crippen molar-refractivity contribution in [3.8, 4) is 0 Å². The number of sulfonamides is 1. The topological polar surface area (TPSA) is 81.4 Å². The van der Waals surface area contributed by atoms with Crippen molar-refractivity contribution in [2.24, 2.45) is 0 Å². The maximum Gasteiger partial charge on any atom is 0.243 e. The third-order valence-electron chi connectivity index (χ3n) is 3.55. The molecule has 1 aromatic carbocycles. The number of hydrogen-bond acceptors (Lipinski definition) is 4. The molecule has 1 aliphatic carbocycles. The third kappa shape index (κ3) is 4.66. The van der Waals surface area contributed by atoms with Crippen LogP contribution >= 0.6 is 0 Å². The summed E-state index contributed by atoms with van der Waals surface area (Å²) in [4.78, 5) is -0.394. The number of halogens is 1. The second-order valence-corrected chi connectivity index (χ2v) is 6.95. The van der Waals surface area contributed by atoms with Crippen LogP contribution < -0.4 is 10.5 Å². The molecule has 1 aromatic rings. The SMILES string of the molecule is Nc1ccc(S(=O)(=O)NCCOC2CCCCC2)c(F)c1. The van der Waals surface area contributed by atoms with E-state index in [2.05, 4.69) is 4.72 Å². The molecule has 2 rings (SSSR count). The molecule has 1 aliphatic rings. The number of nitrogens with two attached hydrogens (primary N) is 1. The van der Waals surface area contributed by atoms with Gasteiger partial charge in [0, 0.05) is 12.2 Å². The zero-order valence-corrected chi connectivity index (χ0v) is 12.7. The van der Waals surface area contributed by atoms with Crippen LogP contribution in [0, 0.1) is 5.82 Å². The van der Waals surface area contributed by atoms with Crippen molar-refractivity contribution in [2.75, 3.05) is 18.9 Å². The Kier molecular flexibility index (Phi) is 5.55. The Bertz CT molecular complexity index is 572. The molecule has 0 saturated heterocycles. The van der Waals surface area contributed by atoms with Gasteiger partial charge in [-0.25, -0.2) is 17.5 Å². The van der Waals surface area contributed by atoms with E-state index in [0.717, 1.165) is 37.8 Å². The molecule has 0 amide bonds. The molecule has 1 fully saturated rings. The molecule has 1 saturated carbocycles. The van der Waals surface area contributed by atoms with Gasteiger partial charge in [-0.1, -0.05) is 19.3 Å². The molecule has 0 atom stereocenters. The van der Waals surface area contributed by atoms with Crippen molar-refractivity contribution in [1.29, 1.82) is 0 Å². The van der Waals surface area contributed by atoms with E-state index in [9.17, 15) is 12.8 Å². The number of benzene rings is 1. The summed E-state index contributed by atoms with van der Waals surface area (Å²) < 4.78 is 45.5. The average Bonchev–Trinajstić information content (AvgIpc) is 2.44. The van der Waals surface area contributed by atoms with E-state index in [4.69, 9.17) is 10.5 Å². The van der Waals surface area contributed by atoms with Crippen LogP contribution in [0.25, 0.3) is 0 Å². The van der Waals surface area contributed by atoms with Gasteiger partial charge in [-0.15, -0.1) is 0 Å². The Morgan fingerprint density at radius 3 is 2.67 bits per heavy atom. The Balaban J connectivity index is 1.83. The van der Waals surface area contributed by atoms with Crippen LogP contribution in [0.1, 0.15) is 32.1 Å². The van der Waals surface area contributed by atoms with E-state index in [1.54, 1.807) is 0 Å². The molecular weight excluding hydrogens is 295 g/mol. The number of hydrogen-bond donors (Lipinski definition) is 2. The minimum atomic E-state index is -3.87. The van der Waals surface area contributed by atoms with Crippen molar-refractivity contribution in [3.05, 3.63) is 24.0 Å². The van der Waals surface area contributed by atoms with Crippen LogP contribution in [0.4, 0.5) is 10.1 Å². The van der Waals surface area contributed by atoms with Crippen molar-refractivity contribution in [2.45, 2.75) is 43.1 Å². The second-order valence-electron chi connectivity index (χ2n) is 5.22. The fourth-order valence-electron chi connectivity index (χ4n) is 2.45. The Morgan fingerprint density at radius 2 is 2.00 bits per heavy atom. The quantitative estimate of drug-likeness (QED) is 0.621. The van der Waals surface area contributed by atoms with E-state index in [-0.39, 0.29) is 18.3 Å². The smallest absolute Gasteiger partial charge is 0.243 e. The number of rotatable bonds is 6. The molecule has 0 radical (unpaired) electrons. The van der Waals surface area contributed by atoms with Gasteiger partial charge >= 0.3 is 0 Å². The molecule has 7 heteroatoms. The van der Waals surface area contributed by atoms with Gasteiger partial charge in [0.15, 0.2) is 0 Å². The highest BCUT2D eigenvalue weighted by molar-refractivity contribution is 7.89. The fourth-order valence-corrected chi connectivity index (χ4v) is 3.52. The highest BCUT2D eigenvalue weighted by Gasteiger charge is 2.19. The van der Waals surface area contributed by atoms with Gasteiger partial charge in [-0.05, 0) is 31.0 Å². The molecular formula is C14H21FN2O3S. The lowest BCUT2D eigenvalue weighted by molar-refractivity contribution is 0.0321. The summed E-state index contributed by atoms with van der Waals surface area (Å²) in [7, 11) is -3.87. The lowest BCUT2D eigenvalue weighted by Gasteiger charge is -2.22. The fraction of sp³-hybridized carbons (Fsp3) is 0.571. The number of nitrogen functional groups attached to an aromatic ring is 1. The third-order valence-corrected chi connectivity index (χ3v) is 5.04. The zero-order chi connectivity index (χ0) is 15.3. The maximum atomic E-state index is 13.6. The highest BCUT2D eigenvalue weighted by atomic mass is 32.2. The number of ether oxygens (including phenoxy) is 1. The van der Waals surface area contributed by atoms with Crippen molar-refractivity contribution in [3.63, 3.8) is 0 Å². The Morgan fingerprint density at radius 1 is 1.29 bits per heavy atom. The standard InChI is InChI=1S/C14H21FN2O3S/c15-13-10-11(16)6-7-14(13)21(18,19)17-8-9-20-12-4-2-1-3-5-12/h6-7,10,12,17H,1-5,8-9,16H2. The number of nitrogens with one attached hydrogen (secondary N) is 1. The molecule has 0 spiro atoms. The van der Waals surface area contributed by atoms with Gasteiger partial charge < -0.3 is 10.5 Å². The van der Waals surface area contributed by atoms with E-state index in [0.29, 0.717) is 6.61 Å². The summed E-state index contributed by atoms with van der Waals surface area (Å²) >= 11 is 0. The monoisotopic (exact) mass is 316 g/mol. The summed E-state index contributed by atoms with van der Waals surface area (Å²) in [5.74, 6) is -0.851. The summed E-state index contributed by atoms with van der Waals surface area (Å²) in [6, 6.07) is 3.51. The van der Waals surface area contributed by atoms with Gasteiger partial charge in [0.25, 0.3) is 0 Å². The molecule has 118 valence electrons. The average molecular weight is 316 g/mol. The van der Waals surface area contributed by atoms with Crippen LogP contribution in [0.3, 0.4) is 0 Å². The maximum absolute atomic E-state index is 13.6. The van der Waals surface area contributed by atoms with E-state index in [1.165, 1.54) is 12.5 Å². The first-order chi connectivity index (χ1) is 9.99. The van der Waals surface area contributed by atoms with Crippen LogP contribution in [0.15, 0.2) is 23.1 Å². The van der Waals surface area contributed by atoms with Crippen LogP contribution in [-0.4, -0.2) is 27.7 Å². The molecule has 21 heavy (non-hydrogen) atoms. The lowest BCUT2D eigenvalue weighted by atomic mass is 9.98. The highest BCUT2D eigenvalue weighted by Crippen LogP contribution is 2.20. The van der Waals surface area contributed by atoms with Gasteiger partial charge in [0.05, 0.1) is 12.7 Å². The van der Waals surface area contributed by atoms with Crippen molar-refractivity contribution >= 4 is 15.7 Å². The Hall–Kier alpha value is -1.18. The Labute approximate surface area is 124 Å². The van der Waals surface area contributed by atoms with E-state index in [1.807, 2.05) is 0 Å². The molecule has 0 bridgehead atoms. The molecule has 0 unspecified atom stereocenters. The second kappa shape index (κ2) is 7.20. The van der Waals surface area contributed by atoms with Crippen LogP contribution in [0.5, 0.6) is 0 Å². The van der Waals surface area contributed by atoms with Crippen molar-refractivity contribution in [1.82, 2.24) is 4.72 Å². The van der Waals surface area contributed by atoms with Gasteiger partial charge in [-0.2, -0.15) is 0 Å². The first-order valence-electron chi connectivity index (χ1n) is 7.15. The summed E-state index contributed by atoms with van der Waals surface area (Å²) in [5.41, 5.74) is 5.59. The summed E-state index contributed by atoms with van der Waals surface area (Å²) in [5, 5.41) is 0. The van der Waals surface area contributed by atoms with E-state index < -0.39 is 20.7 Å².